The van der Waals surface area contributed by atoms with Crippen LogP contribution in [0, 0.1) is 6.92 Å². The Kier molecular flexibility index (Phi) is 8.28. The maximum atomic E-state index is 2.47. The van der Waals surface area contributed by atoms with E-state index in [1.807, 2.05) is 0 Å². The molecule has 256 valence electrons. The molecule has 0 saturated heterocycles. The maximum Gasteiger partial charge on any atom is 0.0540 e. The Morgan fingerprint density at radius 2 is 0.943 bits per heavy atom. The van der Waals surface area contributed by atoms with Crippen molar-refractivity contribution in [3.63, 3.8) is 0 Å². The molecule has 1 heteroatoms. The summed E-state index contributed by atoms with van der Waals surface area (Å²) in [5.41, 5.74) is 17.6. The van der Waals surface area contributed by atoms with E-state index in [4.69, 9.17) is 0 Å². The molecule has 0 aromatic heterocycles. The van der Waals surface area contributed by atoms with Gasteiger partial charge < -0.3 is 4.90 Å². The zero-order valence-corrected chi connectivity index (χ0v) is 30.7. The third-order valence-electron chi connectivity index (χ3n) is 11.6. The SMILES string of the molecule is CCC1(CC)c2ccc(N(c3cccc(C)c3)c3ccccc3-c3ccccc3-c3ccccc3-c3ccccc3)cc2-c2cc3ccccc3cc21. The van der Waals surface area contributed by atoms with Crippen LogP contribution < -0.4 is 4.90 Å². The van der Waals surface area contributed by atoms with Gasteiger partial charge in [-0.3, -0.25) is 0 Å². The van der Waals surface area contributed by atoms with Crippen LogP contribution in [0.25, 0.3) is 55.3 Å². The van der Waals surface area contributed by atoms with Crippen LogP contribution in [-0.2, 0) is 5.41 Å². The first-order valence-corrected chi connectivity index (χ1v) is 19.0. The van der Waals surface area contributed by atoms with E-state index in [1.165, 1.54) is 72.0 Å². The van der Waals surface area contributed by atoms with E-state index in [2.05, 4.69) is 208 Å². The fraction of sp³-hybridized carbons (Fsp3) is 0.115. The van der Waals surface area contributed by atoms with Crippen molar-refractivity contribution in [1.82, 2.24) is 0 Å². The molecule has 0 saturated carbocycles. The molecule has 1 nitrogen and oxygen atoms in total. The van der Waals surface area contributed by atoms with Gasteiger partial charge >= 0.3 is 0 Å². The van der Waals surface area contributed by atoms with Crippen LogP contribution >= 0.6 is 0 Å². The number of hydrogen-bond acceptors (Lipinski definition) is 1. The minimum Gasteiger partial charge on any atom is -0.310 e. The van der Waals surface area contributed by atoms with E-state index in [0.29, 0.717) is 0 Å². The van der Waals surface area contributed by atoms with E-state index in [-0.39, 0.29) is 5.41 Å². The lowest BCUT2D eigenvalue weighted by Gasteiger charge is -2.31. The number of nitrogens with zero attached hydrogens (tertiary/aromatic N) is 1. The number of para-hydroxylation sites is 1. The van der Waals surface area contributed by atoms with Crippen LogP contribution in [0.5, 0.6) is 0 Å². The van der Waals surface area contributed by atoms with Crippen LogP contribution in [0.1, 0.15) is 43.4 Å². The van der Waals surface area contributed by atoms with Gasteiger partial charge in [0.25, 0.3) is 0 Å². The number of anilines is 3. The third-order valence-corrected chi connectivity index (χ3v) is 11.6. The van der Waals surface area contributed by atoms with Crippen LogP contribution in [-0.4, -0.2) is 0 Å². The first-order valence-electron chi connectivity index (χ1n) is 19.0. The Labute approximate surface area is 313 Å². The van der Waals surface area contributed by atoms with Gasteiger partial charge in [0.15, 0.2) is 0 Å². The van der Waals surface area contributed by atoms with E-state index in [9.17, 15) is 0 Å². The second kappa shape index (κ2) is 13.4. The zero-order valence-electron chi connectivity index (χ0n) is 30.7. The summed E-state index contributed by atoms with van der Waals surface area (Å²) in [5, 5.41) is 2.60. The standard InChI is InChI=1S/C52H43N/c1-4-52(5-2)49-31-30-41(35-48(49)47-33-38-21-9-10-22-39(38)34-50(47)52)53(40-23-17-18-36(3)32-40)51-29-16-15-28-46(51)45-27-14-13-26-44(45)43-25-12-11-24-42(43)37-19-7-6-8-20-37/h6-35H,4-5H2,1-3H3. The molecule has 0 amide bonds. The van der Waals surface area contributed by atoms with Crippen molar-refractivity contribution in [2.45, 2.75) is 39.0 Å². The van der Waals surface area contributed by atoms with E-state index < -0.39 is 0 Å². The summed E-state index contributed by atoms with van der Waals surface area (Å²) in [5.74, 6) is 0. The van der Waals surface area contributed by atoms with Gasteiger partial charge in [0, 0.05) is 22.4 Å². The van der Waals surface area contributed by atoms with Crippen LogP contribution in [0.3, 0.4) is 0 Å². The number of aryl methyl sites for hydroxylation is 1. The zero-order chi connectivity index (χ0) is 35.9. The molecule has 0 heterocycles. The van der Waals surface area contributed by atoms with Crippen molar-refractivity contribution in [1.29, 1.82) is 0 Å². The third kappa shape index (κ3) is 5.47. The smallest absolute Gasteiger partial charge is 0.0540 e. The van der Waals surface area contributed by atoms with Gasteiger partial charge in [-0.2, -0.15) is 0 Å². The Morgan fingerprint density at radius 1 is 0.396 bits per heavy atom. The van der Waals surface area contributed by atoms with Crippen molar-refractivity contribution in [2.24, 2.45) is 0 Å². The van der Waals surface area contributed by atoms with Gasteiger partial charge in [-0.05, 0) is 129 Å². The summed E-state index contributed by atoms with van der Waals surface area (Å²) in [4.78, 5) is 2.47. The molecule has 0 unspecified atom stereocenters. The lowest BCUT2D eigenvalue weighted by Crippen LogP contribution is -2.23. The van der Waals surface area contributed by atoms with Gasteiger partial charge in [0.1, 0.15) is 0 Å². The predicted octanol–water partition coefficient (Wildman–Crippen LogP) is 14.7. The Balaban J connectivity index is 1.27. The minimum absolute atomic E-state index is 0.00954. The average Bonchev–Trinajstić information content (AvgIpc) is 3.48. The summed E-state index contributed by atoms with van der Waals surface area (Å²) in [6, 6.07) is 67.2. The second-order valence-electron chi connectivity index (χ2n) is 14.4. The monoisotopic (exact) mass is 681 g/mol. The highest BCUT2D eigenvalue weighted by atomic mass is 15.1. The van der Waals surface area contributed by atoms with E-state index >= 15 is 0 Å². The highest BCUT2D eigenvalue weighted by Gasteiger charge is 2.41. The molecular formula is C52H43N. The number of fused-ring (bicyclic) bond motifs is 4. The summed E-state index contributed by atoms with van der Waals surface area (Å²) in [6.07, 6.45) is 2.12. The molecule has 0 bridgehead atoms. The Bertz CT molecular complexity index is 2610. The molecule has 1 aliphatic carbocycles. The number of benzene rings is 8. The molecule has 0 radical (unpaired) electrons. The Morgan fingerprint density at radius 3 is 1.64 bits per heavy atom. The molecular weight excluding hydrogens is 639 g/mol. The van der Waals surface area contributed by atoms with Crippen molar-refractivity contribution < 1.29 is 0 Å². The van der Waals surface area contributed by atoms with Gasteiger partial charge in [-0.1, -0.05) is 153 Å². The van der Waals surface area contributed by atoms with Crippen molar-refractivity contribution in [3.05, 3.63) is 199 Å². The molecule has 0 N–H and O–H groups in total. The van der Waals surface area contributed by atoms with Crippen LogP contribution in [0.2, 0.25) is 0 Å². The average molecular weight is 682 g/mol. The lowest BCUT2D eigenvalue weighted by molar-refractivity contribution is 0.491. The quantitative estimate of drug-likeness (QED) is 0.154. The van der Waals surface area contributed by atoms with Gasteiger partial charge in [0.2, 0.25) is 0 Å². The largest absolute Gasteiger partial charge is 0.310 e. The Hall–Kier alpha value is -6.18. The van der Waals surface area contributed by atoms with Crippen molar-refractivity contribution >= 4 is 27.8 Å². The molecule has 0 aliphatic heterocycles. The summed E-state index contributed by atoms with van der Waals surface area (Å²) < 4.78 is 0. The molecule has 9 rings (SSSR count). The predicted molar refractivity (Wildman–Crippen MR) is 226 cm³/mol. The fourth-order valence-electron chi connectivity index (χ4n) is 8.96. The van der Waals surface area contributed by atoms with Gasteiger partial charge in [-0.15, -0.1) is 0 Å². The van der Waals surface area contributed by atoms with Gasteiger partial charge in [-0.25, -0.2) is 0 Å². The summed E-state index contributed by atoms with van der Waals surface area (Å²) >= 11 is 0. The number of hydrogen-bond donors (Lipinski definition) is 0. The first kappa shape index (κ1) is 32.7. The minimum atomic E-state index is -0.00954. The van der Waals surface area contributed by atoms with E-state index in [1.54, 1.807) is 0 Å². The van der Waals surface area contributed by atoms with Gasteiger partial charge in [0.05, 0.1) is 5.69 Å². The normalized spacial score (nSPS) is 12.7. The molecule has 1 aliphatic rings. The van der Waals surface area contributed by atoms with Crippen molar-refractivity contribution in [3.8, 4) is 44.5 Å². The molecule has 0 atom stereocenters. The van der Waals surface area contributed by atoms with Crippen LogP contribution in [0.15, 0.2) is 182 Å². The lowest BCUT2D eigenvalue weighted by atomic mass is 9.73. The highest BCUT2D eigenvalue weighted by Crippen LogP contribution is 2.55. The molecule has 0 fully saturated rings. The summed E-state index contributed by atoms with van der Waals surface area (Å²) in [7, 11) is 0. The summed E-state index contributed by atoms with van der Waals surface area (Å²) in [6.45, 7) is 6.90. The molecule has 0 spiro atoms. The van der Waals surface area contributed by atoms with Crippen molar-refractivity contribution in [2.75, 3.05) is 4.90 Å². The molecule has 8 aromatic carbocycles. The molecule has 8 aromatic rings. The topological polar surface area (TPSA) is 3.24 Å². The van der Waals surface area contributed by atoms with E-state index in [0.717, 1.165) is 29.9 Å². The number of rotatable bonds is 8. The second-order valence-corrected chi connectivity index (χ2v) is 14.4. The molecule has 53 heavy (non-hydrogen) atoms. The fourth-order valence-corrected chi connectivity index (χ4v) is 8.96. The first-order chi connectivity index (χ1) is 26.1. The van der Waals surface area contributed by atoms with Crippen LogP contribution in [0.4, 0.5) is 17.1 Å². The highest BCUT2D eigenvalue weighted by molar-refractivity contribution is 5.99. The maximum absolute atomic E-state index is 2.47.